The van der Waals surface area contributed by atoms with Crippen LogP contribution < -0.4 is 11.0 Å². The second kappa shape index (κ2) is 5.72. The highest BCUT2D eigenvalue weighted by atomic mass is 16.3. The van der Waals surface area contributed by atoms with E-state index >= 15 is 0 Å². The first-order valence-corrected chi connectivity index (χ1v) is 10.3. The number of nitrogens with zero attached hydrogens (tertiary/aromatic N) is 2. The van der Waals surface area contributed by atoms with Gasteiger partial charge >= 0.3 is 0 Å². The van der Waals surface area contributed by atoms with Crippen molar-refractivity contribution in [2.75, 3.05) is 0 Å². The van der Waals surface area contributed by atoms with Gasteiger partial charge in [0, 0.05) is 35.1 Å². The van der Waals surface area contributed by atoms with Gasteiger partial charge in [-0.25, -0.2) is 4.98 Å². The zero-order valence-corrected chi connectivity index (χ0v) is 16.4. The minimum absolute atomic E-state index is 0.0420. The molecule has 2 aromatic carbocycles. The molecule has 0 amide bonds. The second-order valence-corrected chi connectivity index (χ2v) is 8.07. The number of para-hydroxylation sites is 1. The number of H-pyrrole nitrogens is 2. The van der Waals surface area contributed by atoms with Crippen LogP contribution in [0, 0.1) is 0 Å². The third-order valence-corrected chi connectivity index (χ3v) is 6.31. The molecule has 0 bridgehead atoms. The summed E-state index contributed by atoms with van der Waals surface area (Å²) in [5.74, 6) is 0. The van der Waals surface area contributed by atoms with Crippen LogP contribution in [0.2, 0.25) is 0 Å². The maximum Gasteiger partial charge on any atom is 0.259 e. The first-order valence-electron chi connectivity index (χ1n) is 10.3. The molecule has 4 aromatic heterocycles. The average Bonchev–Trinajstić information content (AvgIpc) is 3.38. The van der Waals surface area contributed by atoms with E-state index in [1.165, 1.54) is 17.7 Å². The summed E-state index contributed by atoms with van der Waals surface area (Å²) in [4.78, 5) is 30.3. The lowest BCUT2D eigenvalue weighted by molar-refractivity contribution is 0.616. The molecule has 1 aliphatic heterocycles. The number of aromatic nitrogens is 4. The van der Waals surface area contributed by atoms with E-state index < -0.39 is 0 Å². The predicted octanol–water partition coefficient (Wildman–Crippen LogP) is 4.08. The van der Waals surface area contributed by atoms with Crippen LogP contribution in [0.5, 0.6) is 0 Å². The molecule has 0 saturated carbocycles. The van der Waals surface area contributed by atoms with Crippen LogP contribution >= 0.6 is 0 Å². The Hall–Kier alpha value is -4.13. The maximum atomic E-state index is 13.7. The fraction of sp³-hybridized carbons (Fsp3) is 0.125. The summed E-state index contributed by atoms with van der Waals surface area (Å²) in [6.45, 7) is 0.691. The number of aryl methyl sites for hydroxylation is 2. The van der Waals surface area contributed by atoms with Crippen LogP contribution in [-0.2, 0) is 13.0 Å². The van der Waals surface area contributed by atoms with Crippen molar-refractivity contribution in [2.24, 2.45) is 0 Å². The molecule has 0 spiro atoms. The van der Waals surface area contributed by atoms with E-state index in [0.29, 0.717) is 40.0 Å². The number of hydrogen-bond acceptors (Lipinski definition) is 4. The normalized spacial score (nSPS) is 13.7. The summed E-state index contributed by atoms with van der Waals surface area (Å²) < 4.78 is 8.02. The van der Waals surface area contributed by atoms with Gasteiger partial charge in [0.2, 0.25) is 0 Å². The number of rotatable bonds is 1. The van der Waals surface area contributed by atoms with E-state index in [9.17, 15) is 9.59 Å². The molecule has 0 fully saturated rings. The molecule has 1 aliphatic rings. The average molecular weight is 408 g/mol. The van der Waals surface area contributed by atoms with Crippen molar-refractivity contribution in [1.82, 2.24) is 19.7 Å². The third-order valence-electron chi connectivity index (χ3n) is 6.31. The lowest BCUT2D eigenvalue weighted by atomic mass is 9.97. The fourth-order valence-corrected chi connectivity index (χ4v) is 4.98. The number of fused-ring (bicyclic) bond motifs is 4. The van der Waals surface area contributed by atoms with E-state index in [-0.39, 0.29) is 11.0 Å². The van der Waals surface area contributed by atoms with Crippen molar-refractivity contribution in [3.05, 3.63) is 74.8 Å². The number of nitrogens with one attached hydrogen (secondary N) is 2. The Morgan fingerprint density at radius 3 is 2.94 bits per heavy atom. The summed E-state index contributed by atoms with van der Waals surface area (Å²) in [5.41, 5.74) is 5.54. The summed E-state index contributed by atoms with van der Waals surface area (Å²) in [5, 5.41) is 8.58. The highest BCUT2D eigenvalue weighted by Crippen LogP contribution is 2.38. The van der Waals surface area contributed by atoms with E-state index in [1.807, 2.05) is 22.8 Å². The van der Waals surface area contributed by atoms with E-state index in [4.69, 9.17) is 9.40 Å². The van der Waals surface area contributed by atoms with Gasteiger partial charge in [-0.2, -0.15) is 0 Å². The lowest BCUT2D eigenvalue weighted by Crippen LogP contribution is -2.25. The molecule has 2 N–H and O–H groups in total. The summed E-state index contributed by atoms with van der Waals surface area (Å²) in [7, 11) is 0. The molecule has 0 saturated heterocycles. The molecule has 31 heavy (non-hydrogen) atoms. The summed E-state index contributed by atoms with van der Waals surface area (Å²) in [6, 6.07) is 12.8. The topological polar surface area (TPSA) is 96.7 Å². The van der Waals surface area contributed by atoms with Crippen molar-refractivity contribution < 1.29 is 4.42 Å². The minimum Gasteiger partial charge on any atom is -0.454 e. The van der Waals surface area contributed by atoms with Gasteiger partial charge in [0.05, 0.1) is 11.1 Å². The Balaban J connectivity index is 1.70. The molecule has 7 nitrogen and oxygen atoms in total. The Labute approximate surface area is 173 Å². The number of aromatic amines is 2. The van der Waals surface area contributed by atoms with Crippen LogP contribution in [0.25, 0.3) is 55.1 Å². The van der Waals surface area contributed by atoms with Gasteiger partial charge in [-0.1, -0.05) is 18.2 Å². The van der Waals surface area contributed by atoms with Gasteiger partial charge in [-0.05, 0) is 42.0 Å². The van der Waals surface area contributed by atoms with Crippen LogP contribution in [0.3, 0.4) is 0 Å². The smallest absolute Gasteiger partial charge is 0.259 e. The van der Waals surface area contributed by atoms with Crippen molar-refractivity contribution >= 4 is 44.0 Å². The molecule has 7 heteroatoms. The monoisotopic (exact) mass is 408 g/mol. The molecular formula is C24H16N4O3. The van der Waals surface area contributed by atoms with Gasteiger partial charge < -0.3 is 14.1 Å². The van der Waals surface area contributed by atoms with Gasteiger partial charge in [0.1, 0.15) is 11.1 Å². The van der Waals surface area contributed by atoms with Crippen molar-refractivity contribution in [3.63, 3.8) is 0 Å². The highest BCUT2D eigenvalue weighted by molar-refractivity contribution is 6.14. The molecule has 0 unspecified atom stereocenters. The van der Waals surface area contributed by atoms with Crippen LogP contribution in [0.15, 0.2) is 62.7 Å². The third kappa shape index (κ3) is 2.15. The zero-order valence-electron chi connectivity index (χ0n) is 16.4. The molecule has 6 aromatic rings. The number of furan rings is 1. The molecule has 5 heterocycles. The first kappa shape index (κ1) is 16.6. The van der Waals surface area contributed by atoms with Crippen LogP contribution in [0.1, 0.15) is 12.0 Å². The Morgan fingerprint density at radius 1 is 1.06 bits per heavy atom. The fourth-order valence-electron chi connectivity index (χ4n) is 4.98. The van der Waals surface area contributed by atoms with E-state index in [0.717, 1.165) is 34.5 Å². The van der Waals surface area contributed by atoms with Gasteiger partial charge in [0.25, 0.3) is 5.56 Å². The molecule has 0 radical (unpaired) electrons. The largest absolute Gasteiger partial charge is 0.454 e. The quantitative estimate of drug-likeness (QED) is 0.428. The molecule has 0 aliphatic carbocycles. The second-order valence-electron chi connectivity index (χ2n) is 8.07. The molecule has 0 atom stereocenters. The number of hydrogen-bond donors (Lipinski definition) is 2. The molecule has 7 rings (SSSR count). The highest BCUT2D eigenvalue weighted by Gasteiger charge is 2.23. The van der Waals surface area contributed by atoms with Gasteiger partial charge in [-0.15, -0.1) is 0 Å². The van der Waals surface area contributed by atoms with Gasteiger partial charge in [-0.3, -0.25) is 14.7 Å². The number of pyridine rings is 2. The lowest BCUT2D eigenvalue weighted by Gasteiger charge is -2.20. The van der Waals surface area contributed by atoms with E-state index in [2.05, 4.69) is 16.3 Å². The molecule has 150 valence electrons. The number of benzene rings is 2. The van der Waals surface area contributed by atoms with Gasteiger partial charge in [0.15, 0.2) is 16.7 Å². The first-order chi connectivity index (χ1) is 15.2. The van der Waals surface area contributed by atoms with Crippen LogP contribution in [-0.4, -0.2) is 19.7 Å². The van der Waals surface area contributed by atoms with Crippen molar-refractivity contribution in [1.29, 1.82) is 0 Å². The SMILES string of the molecule is O=c1ccc2c(c1)oc1c(-c3cc4cccc5c4n(c3=O)CCC5)c3c[nH][nH]c3nc12. The maximum absolute atomic E-state index is 13.7. The Morgan fingerprint density at radius 2 is 2.00 bits per heavy atom. The molecular weight excluding hydrogens is 392 g/mol. The van der Waals surface area contributed by atoms with Crippen molar-refractivity contribution in [3.8, 4) is 11.1 Å². The predicted molar refractivity (Wildman–Crippen MR) is 120 cm³/mol. The zero-order chi connectivity index (χ0) is 20.7. The summed E-state index contributed by atoms with van der Waals surface area (Å²) >= 11 is 0. The minimum atomic E-state index is -0.130. The van der Waals surface area contributed by atoms with Crippen molar-refractivity contribution in [2.45, 2.75) is 19.4 Å². The van der Waals surface area contributed by atoms with Crippen LogP contribution in [0.4, 0.5) is 0 Å². The summed E-state index contributed by atoms with van der Waals surface area (Å²) in [6.07, 6.45) is 3.71. The standard InChI is InChI=1S/C24H16N4O3/c29-14-6-7-15-18(10-14)31-22-19(17-11-25-27-23(17)26-20(15)22)16-9-13-4-1-3-12-5-2-8-28(21(12)13)24(16)30/h1,3-4,6-7,9-11H,2,5,8H2,(H2,25,26,27). The van der Waals surface area contributed by atoms with E-state index in [1.54, 1.807) is 12.3 Å². The Bertz CT molecular complexity index is 1820. The Kier molecular flexibility index (Phi) is 3.07.